The van der Waals surface area contributed by atoms with Crippen LogP contribution in [0.25, 0.3) is 0 Å². The predicted molar refractivity (Wildman–Crippen MR) is 119 cm³/mol. The lowest BCUT2D eigenvalue weighted by molar-refractivity contribution is -0.000482. The summed E-state index contributed by atoms with van der Waals surface area (Å²) in [5, 5.41) is 0. The molecule has 3 aromatic rings. The zero-order valence-corrected chi connectivity index (χ0v) is 17.5. The Balaban J connectivity index is 1.28. The average molecular weight is 416 g/mol. The fourth-order valence-corrected chi connectivity index (χ4v) is 5.10. The second-order valence-corrected chi connectivity index (χ2v) is 8.53. The van der Waals surface area contributed by atoms with Crippen LogP contribution in [0.5, 0.6) is 5.75 Å². The number of nitrogens with zero attached hydrogens (tertiary/aromatic N) is 1. The lowest BCUT2D eigenvalue weighted by atomic mass is 9.74. The summed E-state index contributed by atoms with van der Waals surface area (Å²) in [6.45, 7) is 2.72. The van der Waals surface area contributed by atoms with Gasteiger partial charge in [-0.15, -0.1) is 0 Å². The number of piperidine rings is 1. The second kappa shape index (κ2) is 8.27. The average Bonchev–Trinajstić information content (AvgIpc) is 3.15. The minimum atomic E-state index is -0.314. The van der Waals surface area contributed by atoms with E-state index in [1.165, 1.54) is 23.3 Å². The molecule has 31 heavy (non-hydrogen) atoms. The highest BCUT2D eigenvalue weighted by Crippen LogP contribution is 2.54. The SMILES string of the molecule is O=C(CCCN1CCC2(c3ccccc3)Oc3ccccc3C2C1)c1ccc(F)cc1. The molecule has 0 bridgehead atoms. The van der Waals surface area contributed by atoms with Gasteiger partial charge in [-0.2, -0.15) is 0 Å². The standard InChI is InChI=1S/C27H26FNO2/c28-22-14-12-20(13-15-22)25(30)10-6-17-29-18-16-27(21-7-2-1-3-8-21)24(19-29)23-9-4-5-11-26(23)31-27/h1-5,7-9,11-15,24H,6,10,16-19H2. The van der Waals surface area contributed by atoms with Crippen molar-refractivity contribution < 1.29 is 13.9 Å². The van der Waals surface area contributed by atoms with Crippen molar-refractivity contribution in [2.24, 2.45) is 0 Å². The molecular weight excluding hydrogens is 389 g/mol. The first-order valence-electron chi connectivity index (χ1n) is 11.0. The summed E-state index contributed by atoms with van der Waals surface area (Å²) in [7, 11) is 0. The predicted octanol–water partition coefficient (Wildman–Crippen LogP) is 5.57. The van der Waals surface area contributed by atoms with Gasteiger partial charge >= 0.3 is 0 Å². The first kappa shape index (κ1) is 20.0. The lowest BCUT2D eigenvalue weighted by Gasteiger charge is -2.43. The smallest absolute Gasteiger partial charge is 0.162 e. The number of benzene rings is 3. The van der Waals surface area contributed by atoms with E-state index in [2.05, 4.69) is 47.4 Å². The molecule has 3 nitrogen and oxygen atoms in total. The molecule has 2 aliphatic heterocycles. The van der Waals surface area contributed by atoms with Crippen LogP contribution in [0.4, 0.5) is 4.39 Å². The van der Waals surface area contributed by atoms with Crippen molar-refractivity contribution in [2.75, 3.05) is 19.6 Å². The van der Waals surface area contributed by atoms with Crippen LogP contribution in [0, 0.1) is 5.82 Å². The molecule has 0 amide bonds. The molecule has 0 N–H and O–H groups in total. The van der Waals surface area contributed by atoms with Gasteiger partial charge in [-0.05, 0) is 48.9 Å². The van der Waals surface area contributed by atoms with E-state index < -0.39 is 0 Å². The van der Waals surface area contributed by atoms with Gasteiger partial charge in [0.2, 0.25) is 0 Å². The summed E-state index contributed by atoms with van der Waals surface area (Å²) in [4.78, 5) is 14.9. The lowest BCUT2D eigenvalue weighted by Crippen LogP contribution is -2.49. The molecule has 5 rings (SSSR count). The van der Waals surface area contributed by atoms with Gasteiger partial charge in [0.25, 0.3) is 0 Å². The highest BCUT2D eigenvalue weighted by molar-refractivity contribution is 5.95. The Labute approximate surface area is 182 Å². The van der Waals surface area contributed by atoms with E-state index in [1.54, 1.807) is 12.1 Å². The maximum atomic E-state index is 13.1. The van der Waals surface area contributed by atoms with Gasteiger partial charge in [0, 0.05) is 43.0 Å². The molecule has 0 aliphatic carbocycles. The van der Waals surface area contributed by atoms with Crippen LogP contribution < -0.4 is 4.74 Å². The van der Waals surface area contributed by atoms with Gasteiger partial charge in [0.15, 0.2) is 5.78 Å². The molecule has 2 heterocycles. The van der Waals surface area contributed by atoms with Crippen molar-refractivity contribution in [3.63, 3.8) is 0 Å². The third kappa shape index (κ3) is 3.77. The number of hydrogen-bond donors (Lipinski definition) is 0. The van der Waals surface area contributed by atoms with Crippen molar-refractivity contribution in [1.29, 1.82) is 0 Å². The fourth-order valence-electron chi connectivity index (χ4n) is 5.10. The molecule has 0 spiro atoms. The van der Waals surface area contributed by atoms with E-state index in [-0.39, 0.29) is 23.1 Å². The Bertz CT molecular complexity index is 1070. The number of halogens is 1. The molecule has 1 fully saturated rings. The van der Waals surface area contributed by atoms with E-state index in [0.717, 1.165) is 38.2 Å². The Morgan fingerprint density at radius 2 is 1.74 bits per heavy atom. The fraction of sp³-hybridized carbons (Fsp3) is 0.296. The van der Waals surface area contributed by atoms with Crippen LogP contribution >= 0.6 is 0 Å². The van der Waals surface area contributed by atoms with E-state index in [1.807, 2.05) is 12.1 Å². The zero-order chi connectivity index (χ0) is 21.3. The van der Waals surface area contributed by atoms with Crippen LogP contribution in [-0.4, -0.2) is 30.3 Å². The first-order chi connectivity index (χ1) is 15.2. The van der Waals surface area contributed by atoms with Crippen LogP contribution in [0.3, 0.4) is 0 Å². The number of para-hydroxylation sites is 1. The van der Waals surface area contributed by atoms with Gasteiger partial charge in [-0.1, -0.05) is 48.5 Å². The van der Waals surface area contributed by atoms with Crippen LogP contribution in [-0.2, 0) is 5.60 Å². The highest BCUT2D eigenvalue weighted by Gasteiger charge is 2.52. The van der Waals surface area contributed by atoms with E-state index in [4.69, 9.17) is 4.74 Å². The monoisotopic (exact) mass is 415 g/mol. The van der Waals surface area contributed by atoms with Crippen molar-refractivity contribution in [3.8, 4) is 5.75 Å². The van der Waals surface area contributed by atoms with Crippen LogP contribution in [0.15, 0.2) is 78.9 Å². The summed E-state index contributed by atoms with van der Waals surface area (Å²) in [5.41, 5.74) is 2.79. The number of carbonyl (C=O) groups is 1. The molecule has 4 heteroatoms. The van der Waals surface area contributed by atoms with Crippen molar-refractivity contribution in [2.45, 2.75) is 30.8 Å². The number of fused-ring (bicyclic) bond motifs is 3. The number of rotatable bonds is 6. The number of carbonyl (C=O) groups excluding carboxylic acids is 1. The van der Waals surface area contributed by atoms with Crippen LogP contribution in [0.1, 0.15) is 46.7 Å². The second-order valence-electron chi connectivity index (χ2n) is 8.53. The van der Waals surface area contributed by atoms with Gasteiger partial charge < -0.3 is 9.64 Å². The third-order valence-corrected chi connectivity index (χ3v) is 6.70. The van der Waals surface area contributed by atoms with Gasteiger partial charge in [-0.25, -0.2) is 4.39 Å². The Morgan fingerprint density at radius 1 is 1.00 bits per heavy atom. The largest absolute Gasteiger partial charge is 0.482 e. The molecule has 2 unspecified atom stereocenters. The summed E-state index contributed by atoms with van der Waals surface area (Å²) in [6.07, 6.45) is 2.19. The Kier molecular flexibility index (Phi) is 5.33. The maximum Gasteiger partial charge on any atom is 0.162 e. The molecule has 2 aliphatic rings. The van der Waals surface area contributed by atoms with Gasteiger partial charge in [-0.3, -0.25) is 4.79 Å². The number of hydrogen-bond acceptors (Lipinski definition) is 3. The maximum absolute atomic E-state index is 13.1. The summed E-state index contributed by atoms with van der Waals surface area (Å²) < 4.78 is 19.7. The number of likely N-dealkylation sites (tertiary alicyclic amines) is 1. The van der Waals surface area contributed by atoms with Gasteiger partial charge in [0.1, 0.15) is 17.2 Å². The van der Waals surface area contributed by atoms with E-state index in [0.29, 0.717) is 12.0 Å². The molecule has 158 valence electrons. The van der Waals surface area contributed by atoms with Crippen molar-refractivity contribution in [3.05, 3.63) is 101 Å². The minimum absolute atomic E-state index is 0.0742. The molecular formula is C27H26FNO2. The Morgan fingerprint density at radius 3 is 2.55 bits per heavy atom. The van der Waals surface area contributed by atoms with Crippen molar-refractivity contribution in [1.82, 2.24) is 4.90 Å². The third-order valence-electron chi connectivity index (χ3n) is 6.70. The van der Waals surface area contributed by atoms with Gasteiger partial charge in [0.05, 0.1) is 0 Å². The Hall–Kier alpha value is -2.98. The normalized spacial score (nSPS) is 22.4. The molecule has 2 atom stereocenters. The molecule has 3 aromatic carbocycles. The zero-order valence-electron chi connectivity index (χ0n) is 17.5. The molecule has 0 radical (unpaired) electrons. The van der Waals surface area contributed by atoms with Crippen molar-refractivity contribution >= 4 is 5.78 Å². The molecule has 1 saturated heterocycles. The number of ketones is 1. The number of Topliss-reactive ketones (excluding diaryl/α,β-unsaturated/α-hetero) is 1. The first-order valence-corrected chi connectivity index (χ1v) is 11.0. The highest BCUT2D eigenvalue weighted by atomic mass is 19.1. The van der Waals surface area contributed by atoms with E-state index in [9.17, 15) is 9.18 Å². The molecule has 0 aromatic heterocycles. The van der Waals surface area contributed by atoms with Crippen LogP contribution in [0.2, 0.25) is 0 Å². The topological polar surface area (TPSA) is 29.5 Å². The summed E-state index contributed by atoms with van der Waals surface area (Å²) >= 11 is 0. The number of ether oxygens (including phenoxy) is 1. The van der Waals surface area contributed by atoms with E-state index >= 15 is 0 Å². The summed E-state index contributed by atoms with van der Waals surface area (Å²) in [5.74, 6) is 1.02. The molecule has 0 saturated carbocycles. The quantitative estimate of drug-likeness (QED) is 0.493. The minimum Gasteiger partial charge on any atom is -0.482 e. The summed E-state index contributed by atoms with van der Waals surface area (Å²) in [6, 6.07) is 24.8.